The summed E-state index contributed by atoms with van der Waals surface area (Å²) >= 11 is 0. The van der Waals surface area contributed by atoms with Crippen LogP contribution in [0.15, 0.2) is 12.4 Å². The molecule has 3 nitrogen and oxygen atoms in total. The maximum absolute atomic E-state index is 4.47. The maximum atomic E-state index is 4.47. The molecule has 2 aliphatic carbocycles. The van der Waals surface area contributed by atoms with Crippen molar-refractivity contribution in [3.05, 3.63) is 18.2 Å². The summed E-state index contributed by atoms with van der Waals surface area (Å²) < 4.78 is 0. The van der Waals surface area contributed by atoms with Gasteiger partial charge in [0.15, 0.2) is 0 Å². The van der Waals surface area contributed by atoms with E-state index < -0.39 is 0 Å². The Morgan fingerprint density at radius 2 is 1.90 bits per heavy atom. The summed E-state index contributed by atoms with van der Waals surface area (Å²) in [4.78, 5) is 7.77. The van der Waals surface area contributed by atoms with Gasteiger partial charge in [-0.15, -0.1) is 0 Å². The fraction of sp³-hybridized carbons (Fsp3) is 0.833. The van der Waals surface area contributed by atoms with Crippen LogP contribution in [0, 0.1) is 11.8 Å². The quantitative estimate of drug-likeness (QED) is 0.832. The number of H-pyrrole nitrogens is 1. The molecule has 0 saturated heterocycles. The first-order valence-electron chi connectivity index (χ1n) is 9.13. The molecular weight excluding hydrogens is 258 g/mol. The summed E-state index contributed by atoms with van der Waals surface area (Å²) in [5, 5.41) is 3.96. The zero-order chi connectivity index (χ0) is 14.5. The SMILES string of the molecule is CCC(NC1CCCCC1C1CCCCC1)c1ncc[nH]1. The molecule has 0 aromatic carbocycles. The van der Waals surface area contributed by atoms with E-state index in [1.165, 1.54) is 57.8 Å². The Kier molecular flexibility index (Phi) is 5.34. The number of nitrogens with one attached hydrogen (secondary N) is 2. The number of hydrogen-bond acceptors (Lipinski definition) is 2. The van der Waals surface area contributed by atoms with Crippen molar-refractivity contribution in [2.45, 2.75) is 83.2 Å². The van der Waals surface area contributed by atoms with Gasteiger partial charge >= 0.3 is 0 Å². The van der Waals surface area contributed by atoms with Crippen LogP contribution in [0.5, 0.6) is 0 Å². The third-order valence-electron chi connectivity index (χ3n) is 5.75. The Balaban J connectivity index is 1.65. The Labute approximate surface area is 129 Å². The van der Waals surface area contributed by atoms with Gasteiger partial charge < -0.3 is 10.3 Å². The van der Waals surface area contributed by atoms with Gasteiger partial charge in [0, 0.05) is 18.4 Å². The van der Waals surface area contributed by atoms with Crippen LogP contribution in [0.4, 0.5) is 0 Å². The van der Waals surface area contributed by atoms with E-state index in [1.807, 2.05) is 12.4 Å². The van der Waals surface area contributed by atoms with Crippen LogP contribution < -0.4 is 5.32 Å². The van der Waals surface area contributed by atoms with Crippen molar-refractivity contribution in [2.24, 2.45) is 11.8 Å². The topological polar surface area (TPSA) is 40.7 Å². The summed E-state index contributed by atoms with van der Waals surface area (Å²) in [5.41, 5.74) is 0. The average molecular weight is 289 g/mol. The molecule has 0 aliphatic heterocycles. The maximum Gasteiger partial charge on any atom is 0.123 e. The number of rotatable bonds is 5. The van der Waals surface area contributed by atoms with Gasteiger partial charge in [-0.1, -0.05) is 51.9 Å². The Morgan fingerprint density at radius 3 is 2.62 bits per heavy atom. The van der Waals surface area contributed by atoms with Crippen LogP contribution in [0.3, 0.4) is 0 Å². The smallest absolute Gasteiger partial charge is 0.123 e. The van der Waals surface area contributed by atoms with Crippen molar-refractivity contribution in [1.82, 2.24) is 15.3 Å². The molecule has 2 fully saturated rings. The lowest BCUT2D eigenvalue weighted by Crippen LogP contribution is -2.44. The summed E-state index contributed by atoms with van der Waals surface area (Å²) in [5.74, 6) is 3.00. The lowest BCUT2D eigenvalue weighted by atomic mass is 9.70. The van der Waals surface area contributed by atoms with Gasteiger partial charge in [0.1, 0.15) is 5.82 Å². The van der Waals surface area contributed by atoms with E-state index in [1.54, 1.807) is 0 Å². The van der Waals surface area contributed by atoms with E-state index >= 15 is 0 Å². The molecule has 3 rings (SSSR count). The Bertz CT molecular complexity index is 395. The number of aromatic amines is 1. The zero-order valence-corrected chi connectivity index (χ0v) is 13.5. The van der Waals surface area contributed by atoms with E-state index in [2.05, 4.69) is 22.2 Å². The fourth-order valence-corrected chi connectivity index (χ4v) is 4.61. The molecule has 0 radical (unpaired) electrons. The van der Waals surface area contributed by atoms with Gasteiger partial charge in [0.25, 0.3) is 0 Å². The molecule has 0 amide bonds. The summed E-state index contributed by atoms with van der Waals surface area (Å²) in [6, 6.07) is 1.10. The van der Waals surface area contributed by atoms with Gasteiger partial charge in [0.05, 0.1) is 6.04 Å². The number of hydrogen-bond donors (Lipinski definition) is 2. The van der Waals surface area contributed by atoms with E-state index in [9.17, 15) is 0 Å². The minimum Gasteiger partial charge on any atom is -0.347 e. The second-order valence-corrected chi connectivity index (χ2v) is 7.05. The van der Waals surface area contributed by atoms with Crippen molar-refractivity contribution < 1.29 is 0 Å². The minimum absolute atomic E-state index is 0.397. The van der Waals surface area contributed by atoms with Crippen molar-refractivity contribution in [1.29, 1.82) is 0 Å². The van der Waals surface area contributed by atoms with Crippen LogP contribution in [-0.4, -0.2) is 16.0 Å². The molecular formula is C18H31N3. The van der Waals surface area contributed by atoms with Crippen molar-refractivity contribution in [2.75, 3.05) is 0 Å². The molecule has 1 aromatic heterocycles. The van der Waals surface area contributed by atoms with E-state index in [4.69, 9.17) is 0 Å². The Morgan fingerprint density at radius 1 is 1.14 bits per heavy atom. The Hall–Kier alpha value is -0.830. The normalized spacial score (nSPS) is 29.4. The van der Waals surface area contributed by atoms with E-state index in [-0.39, 0.29) is 0 Å². The summed E-state index contributed by atoms with van der Waals surface area (Å²) in [6.07, 6.45) is 17.9. The molecule has 2 aliphatic rings. The van der Waals surface area contributed by atoms with Crippen molar-refractivity contribution in [3.63, 3.8) is 0 Å². The molecule has 3 heteroatoms. The predicted octanol–water partition coefficient (Wildman–Crippen LogP) is 4.59. The van der Waals surface area contributed by atoms with E-state index in [0.717, 1.165) is 24.1 Å². The number of imidazole rings is 1. The first-order valence-corrected chi connectivity index (χ1v) is 9.13. The fourth-order valence-electron chi connectivity index (χ4n) is 4.61. The van der Waals surface area contributed by atoms with Crippen LogP contribution in [0.25, 0.3) is 0 Å². The molecule has 3 unspecified atom stereocenters. The van der Waals surface area contributed by atoms with Gasteiger partial charge in [-0.05, 0) is 31.1 Å². The molecule has 0 bridgehead atoms. The third kappa shape index (κ3) is 3.68. The second-order valence-electron chi connectivity index (χ2n) is 7.05. The average Bonchev–Trinajstić information content (AvgIpc) is 3.08. The first-order chi connectivity index (χ1) is 10.4. The highest BCUT2D eigenvalue weighted by atomic mass is 15.0. The third-order valence-corrected chi connectivity index (χ3v) is 5.75. The molecule has 2 saturated carbocycles. The first kappa shape index (κ1) is 15.1. The van der Waals surface area contributed by atoms with E-state index in [0.29, 0.717) is 12.1 Å². The van der Waals surface area contributed by atoms with Gasteiger partial charge in [-0.3, -0.25) is 0 Å². The van der Waals surface area contributed by atoms with Gasteiger partial charge in [0.2, 0.25) is 0 Å². The van der Waals surface area contributed by atoms with Crippen LogP contribution >= 0.6 is 0 Å². The lowest BCUT2D eigenvalue weighted by Gasteiger charge is -2.40. The summed E-state index contributed by atoms with van der Waals surface area (Å²) in [6.45, 7) is 2.26. The van der Waals surface area contributed by atoms with Gasteiger partial charge in [-0.25, -0.2) is 4.98 Å². The zero-order valence-electron chi connectivity index (χ0n) is 13.5. The molecule has 3 atom stereocenters. The largest absolute Gasteiger partial charge is 0.347 e. The molecule has 21 heavy (non-hydrogen) atoms. The molecule has 118 valence electrons. The standard InChI is InChI=1S/C18H31N3/c1-2-16(18-19-12-13-20-18)21-17-11-7-6-10-15(17)14-8-4-3-5-9-14/h12-17,21H,2-11H2,1H3,(H,19,20). The molecule has 1 heterocycles. The summed E-state index contributed by atoms with van der Waals surface area (Å²) in [7, 11) is 0. The van der Waals surface area contributed by atoms with Gasteiger partial charge in [-0.2, -0.15) is 0 Å². The highest BCUT2D eigenvalue weighted by Gasteiger charge is 2.33. The lowest BCUT2D eigenvalue weighted by molar-refractivity contribution is 0.140. The van der Waals surface area contributed by atoms with Crippen molar-refractivity contribution >= 4 is 0 Å². The second kappa shape index (κ2) is 7.44. The highest BCUT2D eigenvalue weighted by Crippen LogP contribution is 2.39. The molecule has 0 spiro atoms. The minimum atomic E-state index is 0.397. The molecule has 1 aromatic rings. The monoisotopic (exact) mass is 289 g/mol. The predicted molar refractivity (Wildman–Crippen MR) is 87.1 cm³/mol. The number of nitrogens with zero attached hydrogens (tertiary/aromatic N) is 1. The van der Waals surface area contributed by atoms with Crippen molar-refractivity contribution in [3.8, 4) is 0 Å². The highest BCUT2D eigenvalue weighted by molar-refractivity contribution is 4.98. The number of aromatic nitrogens is 2. The van der Waals surface area contributed by atoms with Crippen LogP contribution in [-0.2, 0) is 0 Å². The molecule has 2 N–H and O–H groups in total. The van der Waals surface area contributed by atoms with Crippen LogP contribution in [0.1, 0.15) is 83.0 Å². The van der Waals surface area contributed by atoms with Crippen LogP contribution in [0.2, 0.25) is 0 Å².